The summed E-state index contributed by atoms with van der Waals surface area (Å²) in [4.78, 5) is 16.1. The summed E-state index contributed by atoms with van der Waals surface area (Å²) in [5, 5.41) is 0. The van der Waals surface area contributed by atoms with E-state index in [9.17, 15) is 4.79 Å². The Kier molecular flexibility index (Phi) is 3.42. The number of nitrogens with zero attached hydrogens (tertiary/aromatic N) is 1. The lowest BCUT2D eigenvalue weighted by atomic mass is 10.00. The highest BCUT2D eigenvalue weighted by atomic mass is 16.5. The van der Waals surface area contributed by atoms with E-state index < -0.39 is 0 Å². The average Bonchev–Trinajstić information content (AvgIpc) is 2.28. The van der Waals surface area contributed by atoms with Gasteiger partial charge < -0.3 is 4.74 Å². The van der Waals surface area contributed by atoms with Crippen molar-refractivity contribution in [2.75, 3.05) is 0 Å². The maximum Gasteiger partial charge on any atom is 0.345 e. The van der Waals surface area contributed by atoms with Crippen molar-refractivity contribution in [1.29, 1.82) is 0 Å². The number of hydrogen-bond donors (Lipinski definition) is 0. The molecule has 1 aromatic carbocycles. The first-order valence-electron chi connectivity index (χ1n) is 5.79. The Labute approximate surface area is 106 Å². The maximum atomic E-state index is 12.1. The molecule has 0 unspecified atom stereocenters. The van der Waals surface area contributed by atoms with Gasteiger partial charge in [0.25, 0.3) is 0 Å². The number of ether oxygens (including phenoxy) is 1. The number of aryl methyl sites for hydroxylation is 3. The molecule has 1 heterocycles. The van der Waals surface area contributed by atoms with Gasteiger partial charge in [-0.15, -0.1) is 0 Å². The maximum absolute atomic E-state index is 12.1. The normalized spacial score (nSPS) is 10.2. The smallest absolute Gasteiger partial charge is 0.345 e. The molecular formula is C15H15NO2. The van der Waals surface area contributed by atoms with E-state index in [4.69, 9.17) is 4.74 Å². The lowest BCUT2D eigenvalue weighted by molar-refractivity contribution is 0.0726. The number of carbonyl (C=O) groups excluding carboxylic acids is 1. The summed E-state index contributed by atoms with van der Waals surface area (Å²) in [6.07, 6.45) is 1.59. The van der Waals surface area contributed by atoms with Gasteiger partial charge in [0.05, 0.1) is 5.56 Å². The van der Waals surface area contributed by atoms with E-state index in [0.29, 0.717) is 11.4 Å². The van der Waals surface area contributed by atoms with Crippen LogP contribution in [0, 0.1) is 20.8 Å². The van der Waals surface area contributed by atoms with Crippen LogP contribution in [0.25, 0.3) is 0 Å². The lowest BCUT2D eigenvalue weighted by Crippen LogP contribution is -2.13. The van der Waals surface area contributed by atoms with Crippen LogP contribution in [0.15, 0.2) is 36.5 Å². The summed E-state index contributed by atoms with van der Waals surface area (Å²) >= 11 is 0. The van der Waals surface area contributed by atoms with Gasteiger partial charge in [-0.2, -0.15) is 0 Å². The molecule has 0 radical (unpaired) electrons. The van der Waals surface area contributed by atoms with Crippen LogP contribution in [0.4, 0.5) is 0 Å². The largest absolute Gasteiger partial charge is 0.404 e. The summed E-state index contributed by atoms with van der Waals surface area (Å²) in [5.41, 5.74) is 3.60. The van der Waals surface area contributed by atoms with Crippen LogP contribution < -0.4 is 4.74 Å². The second-order valence-electron chi connectivity index (χ2n) is 4.33. The van der Waals surface area contributed by atoms with Crippen LogP contribution in [-0.4, -0.2) is 11.0 Å². The van der Waals surface area contributed by atoms with Gasteiger partial charge in [-0.3, -0.25) is 0 Å². The molecule has 0 saturated heterocycles. The topological polar surface area (TPSA) is 39.2 Å². The van der Waals surface area contributed by atoms with Crippen molar-refractivity contribution in [3.8, 4) is 5.88 Å². The molecule has 2 rings (SSSR count). The molecule has 2 aromatic rings. The van der Waals surface area contributed by atoms with Crippen molar-refractivity contribution in [2.24, 2.45) is 0 Å². The number of esters is 1. The van der Waals surface area contributed by atoms with Crippen LogP contribution in [0.5, 0.6) is 5.88 Å². The first-order valence-corrected chi connectivity index (χ1v) is 5.79. The third-order valence-electron chi connectivity index (χ3n) is 2.72. The highest BCUT2D eigenvalue weighted by molar-refractivity contribution is 5.94. The van der Waals surface area contributed by atoms with Gasteiger partial charge >= 0.3 is 5.97 Å². The minimum absolute atomic E-state index is 0.321. The van der Waals surface area contributed by atoms with Crippen molar-refractivity contribution in [2.45, 2.75) is 20.8 Å². The van der Waals surface area contributed by atoms with Gasteiger partial charge in [0.15, 0.2) is 0 Å². The minimum atomic E-state index is -0.358. The zero-order chi connectivity index (χ0) is 13.1. The van der Waals surface area contributed by atoms with Crippen LogP contribution in [-0.2, 0) is 0 Å². The van der Waals surface area contributed by atoms with Crippen LogP contribution in [0.1, 0.15) is 27.0 Å². The summed E-state index contributed by atoms with van der Waals surface area (Å²) in [6, 6.07) is 9.17. The van der Waals surface area contributed by atoms with Crippen LogP contribution in [0.3, 0.4) is 0 Å². The molecule has 0 aliphatic carbocycles. The van der Waals surface area contributed by atoms with E-state index >= 15 is 0 Å². The molecule has 0 saturated carbocycles. The molecule has 0 spiro atoms. The molecule has 0 atom stereocenters. The van der Waals surface area contributed by atoms with Crippen molar-refractivity contribution < 1.29 is 9.53 Å². The van der Waals surface area contributed by atoms with Crippen LogP contribution in [0.2, 0.25) is 0 Å². The molecule has 0 amide bonds. The first-order chi connectivity index (χ1) is 8.58. The molecule has 3 nitrogen and oxygen atoms in total. The molecule has 3 heteroatoms. The predicted octanol–water partition coefficient (Wildman–Crippen LogP) is 3.23. The van der Waals surface area contributed by atoms with Crippen molar-refractivity contribution >= 4 is 5.97 Å². The molecule has 0 aliphatic rings. The fourth-order valence-electron chi connectivity index (χ4n) is 2.06. The summed E-state index contributed by atoms with van der Waals surface area (Å²) in [7, 11) is 0. The fraction of sp³-hybridized carbons (Fsp3) is 0.200. The minimum Gasteiger partial charge on any atom is -0.404 e. The number of pyridine rings is 1. The van der Waals surface area contributed by atoms with Gasteiger partial charge in [0.2, 0.25) is 5.88 Å². The summed E-state index contributed by atoms with van der Waals surface area (Å²) in [5.74, 6) is -0.0365. The van der Waals surface area contributed by atoms with Crippen molar-refractivity contribution in [1.82, 2.24) is 4.98 Å². The van der Waals surface area contributed by atoms with E-state index in [-0.39, 0.29) is 5.97 Å². The summed E-state index contributed by atoms with van der Waals surface area (Å²) < 4.78 is 5.25. The zero-order valence-corrected chi connectivity index (χ0v) is 10.7. The van der Waals surface area contributed by atoms with Gasteiger partial charge in [0.1, 0.15) is 0 Å². The Morgan fingerprint density at radius 2 is 1.78 bits per heavy atom. The SMILES string of the molecule is Cc1cc(C)c(C(=O)Oc2ccccn2)c(C)c1. The third-order valence-corrected chi connectivity index (χ3v) is 2.72. The monoisotopic (exact) mass is 241 g/mol. The molecule has 0 fully saturated rings. The Balaban J connectivity index is 2.30. The van der Waals surface area contributed by atoms with Gasteiger partial charge in [-0.1, -0.05) is 23.8 Å². The van der Waals surface area contributed by atoms with E-state index in [0.717, 1.165) is 16.7 Å². The Bertz CT molecular complexity index is 553. The Morgan fingerprint density at radius 3 is 2.33 bits per heavy atom. The highest BCUT2D eigenvalue weighted by Gasteiger charge is 2.15. The fourth-order valence-corrected chi connectivity index (χ4v) is 2.06. The van der Waals surface area contributed by atoms with Gasteiger partial charge in [-0.25, -0.2) is 9.78 Å². The number of carbonyl (C=O) groups is 1. The van der Waals surface area contributed by atoms with E-state index in [1.807, 2.05) is 32.9 Å². The first kappa shape index (κ1) is 12.3. The number of rotatable bonds is 2. The molecule has 0 N–H and O–H groups in total. The van der Waals surface area contributed by atoms with Gasteiger partial charge in [-0.05, 0) is 38.0 Å². The quantitative estimate of drug-likeness (QED) is 0.758. The Morgan fingerprint density at radius 1 is 1.11 bits per heavy atom. The molecule has 0 bridgehead atoms. The average molecular weight is 241 g/mol. The lowest BCUT2D eigenvalue weighted by Gasteiger charge is -2.10. The summed E-state index contributed by atoms with van der Waals surface area (Å²) in [6.45, 7) is 5.83. The molecule has 1 aromatic heterocycles. The van der Waals surface area contributed by atoms with E-state index in [1.165, 1.54) is 0 Å². The number of aromatic nitrogens is 1. The molecular weight excluding hydrogens is 226 g/mol. The van der Waals surface area contributed by atoms with Gasteiger partial charge in [0, 0.05) is 12.3 Å². The molecule has 0 aliphatic heterocycles. The Hall–Kier alpha value is -2.16. The zero-order valence-electron chi connectivity index (χ0n) is 10.7. The second-order valence-corrected chi connectivity index (χ2v) is 4.33. The van der Waals surface area contributed by atoms with Crippen LogP contribution >= 0.6 is 0 Å². The second kappa shape index (κ2) is 5.00. The molecule has 18 heavy (non-hydrogen) atoms. The highest BCUT2D eigenvalue weighted by Crippen LogP contribution is 2.18. The predicted molar refractivity (Wildman–Crippen MR) is 69.8 cm³/mol. The number of hydrogen-bond acceptors (Lipinski definition) is 3. The number of benzene rings is 1. The molecule has 92 valence electrons. The standard InChI is InChI=1S/C15H15NO2/c1-10-8-11(2)14(12(3)9-10)15(17)18-13-6-4-5-7-16-13/h4-9H,1-3H3. The van der Waals surface area contributed by atoms with Crippen molar-refractivity contribution in [3.63, 3.8) is 0 Å². The third kappa shape index (κ3) is 2.56. The van der Waals surface area contributed by atoms with E-state index in [2.05, 4.69) is 4.98 Å². The van der Waals surface area contributed by atoms with Crippen molar-refractivity contribution in [3.05, 3.63) is 58.8 Å². The van der Waals surface area contributed by atoms with E-state index in [1.54, 1.807) is 24.4 Å².